The summed E-state index contributed by atoms with van der Waals surface area (Å²) in [6.45, 7) is 1.85. The Kier molecular flexibility index (Phi) is 2.77. The van der Waals surface area contributed by atoms with Crippen molar-refractivity contribution in [2.75, 3.05) is 18.0 Å². The molecule has 7 heteroatoms. The van der Waals surface area contributed by atoms with Gasteiger partial charge in [0.1, 0.15) is 11.3 Å². The van der Waals surface area contributed by atoms with E-state index < -0.39 is 0 Å². The Morgan fingerprint density at radius 1 is 1.10 bits per heavy atom. The van der Waals surface area contributed by atoms with Crippen molar-refractivity contribution in [1.82, 2.24) is 29.7 Å². The van der Waals surface area contributed by atoms with E-state index in [-0.39, 0.29) is 0 Å². The first-order valence-corrected chi connectivity index (χ1v) is 6.97. The van der Waals surface area contributed by atoms with Gasteiger partial charge in [-0.05, 0) is 6.42 Å². The summed E-state index contributed by atoms with van der Waals surface area (Å²) in [7, 11) is 1.91. The number of nitrogens with zero attached hydrogens (tertiary/aromatic N) is 7. The van der Waals surface area contributed by atoms with Crippen LogP contribution in [0.15, 0.2) is 31.0 Å². The average Bonchev–Trinajstić information content (AvgIpc) is 3.14. The van der Waals surface area contributed by atoms with Crippen molar-refractivity contribution in [3.63, 3.8) is 0 Å². The molecular formula is C14H15N7. The quantitative estimate of drug-likeness (QED) is 0.701. The molecule has 1 saturated heterocycles. The number of hydrogen-bond acceptors (Lipinski definition) is 6. The van der Waals surface area contributed by atoms with E-state index in [1.165, 1.54) is 0 Å². The Labute approximate surface area is 121 Å². The molecule has 0 radical (unpaired) electrons. The van der Waals surface area contributed by atoms with E-state index in [4.69, 9.17) is 0 Å². The van der Waals surface area contributed by atoms with Crippen LogP contribution in [0.3, 0.4) is 0 Å². The predicted octanol–water partition coefficient (Wildman–Crippen LogP) is 1.15. The largest absolute Gasteiger partial charge is 0.355 e. The minimum Gasteiger partial charge on any atom is -0.355 e. The molecule has 1 atom stereocenters. The predicted molar refractivity (Wildman–Crippen MR) is 77.9 cm³/mol. The summed E-state index contributed by atoms with van der Waals surface area (Å²) in [5.41, 5.74) is 2.78. The van der Waals surface area contributed by atoms with Gasteiger partial charge in [0.15, 0.2) is 5.65 Å². The van der Waals surface area contributed by atoms with E-state index in [1.807, 2.05) is 11.7 Å². The van der Waals surface area contributed by atoms with Crippen LogP contribution in [0.2, 0.25) is 0 Å². The summed E-state index contributed by atoms with van der Waals surface area (Å²) in [5, 5.41) is 4.63. The van der Waals surface area contributed by atoms with Gasteiger partial charge < -0.3 is 4.90 Å². The second kappa shape index (κ2) is 4.76. The molecule has 4 heterocycles. The fourth-order valence-corrected chi connectivity index (χ4v) is 2.93. The van der Waals surface area contributed by atoms with Crippen molar-refractivity contribution in [3.05, 3.63) is 36.7 Å². The second-order valence-electron chi connectivity index (χ2n) is 5.23. The van der Waals surface area contributed by atoms with Gasteiger partial charge in [-0.25, -0.2) is 19.6 Å². The lowest BCUT2D eigenvalue weighted by Gasteiger charge is -2.16. The van der Waals surface area contributed by atoms with Gasteiger partial charge in [0.2, 0.25) is 0 Å². The maximum absolute atomic E-state index is 4.63. The van der Waals surface area contributed by atoms with Gasteiger partial charge in [-0.2, -0.15) is 5.10 Å². The third kappa shape index (κ3) is 2.01. The van der Waals surface area contributed by atoms with Crippen LogP contribution < -0.4 is 4.90 Å². The summed E-state index contributed by atoms with van der Waals surface area (Å²) in [5.74, 6) is 1.28. The third-order valence-electron chi connectivity index (χ3n) is 3.93. The maximum atomic E-state index is 4.63. The normalized spacial score (nSPS) is 18.5. The molecule has 3 aromatic heterocycles. The molecule has 106 valence electrons. The molecule has 0 amide bonds. The molecule has 1 aliphatic rings. The molecular weight excluding hydrogens is 266 g/mol. The van der Waals surface area contributed by atoms with Gasteiger partial charge in [-0.15, -0.1) is 0 Å². The maximum Gasteiger partial charge on any atom is 0.176 e. The standard InChI is InChI=1S/C14H15N7/c1-20-14-13(17-5-6-18-14)12(19-20)10-2-7-21(9-10)11-8-15-3-4-16-11/h3-6,8,10H,2,7,9H2,1H3/t10-/m0/s1. The first kappa shape index (κ1) is 12.2. The van der Waals surface area contributed by atoms with Crippen molar-refractivity contribution in [2.24, 2.45) is 7.05 Å². The number of aryl methyl sites for hydroxylation is 1. The Bertz CT molecular complexity index is 767. The number of anilines is 1. The van der Waals surface area contributed by atoms with Crippen molar-refractivity contribution in [1.29, 1.82) is 0 Å². The van der Waals surface area contributed by atoms with E-state index in [2.05, 4.69) is 29.9 Å². The van der Waals surface area contributed by atoms with Gasteiger partial charge in [0, 0.05) is 50.8 Å². The van der Waals surface area contributed by atoms with Crippen molar-refractivity contribution >= 4 is 17.0 Å². The highest BCUT2D eigenvalue weighted by Crippen LogP contribution is 2.31. The van der Waals surface area contributed by atoms with Crippen molar-refractivity contribution < 1.29 is 0 Å². The molecule has 21 heavy (non-hydrogen) atoms. The van der Waals surface area contributed by atoms with E-state index in [0.717, 1.165) is 42.2 Å². The molecule has 0 spiro atoms. The lowest BCUT2D eigenvalue weighted by atomic mass is 10.0. The molecule has 0 N–H and O–H groups in total. The summed E-state index contributed by atoms with van der Waals surface area (Å²) < 4.78 is 1.81. The zero-order valence-corrected chi connectivity index (χ0v) is 11.7. The summed E-state index contributed by atoms with van der Waals surface area (Å²) in [6, 6.07) is 0. The Morgan fingerprint density at radius 3 is 2.81 bits per heavy atom. The summed E-state index contributed by atoms with van der Waals surface area (Å²) in [6.07, 6.45) is 9.69. The van der Waals surface area contributed by atoms with Crippen LogP contribution >= 0.6 is 0 Å². The summed E-state index contributed by atoms with van der Waals surface area (Å²) in [4.78, 5) is 19.5. The lowest BCUT2D eigenvalue weighted by Crippen LogP contribution is -2.20. The summed E-state index contributed by atoms with van der Waals surface area (Å²) >= 11 is 0. The van der Waals surface area contributed by atoms with Crippen LogP contribution in [0.1, 0.15) is 18.0 Å². The molecule has 0 aliphatic carbocycles. The van der Waals surface area contributed by atoms with Gasteiger partial charge in [-0.3, -0.25) is 4.98 Å². The second-order valence-corrected chi connectivity index (χ2v) is 5.23. The Hall–Kier alpha value is -2.57. The van der Waals surface area contributed by atoms with Crippen molar-refractivity contribution in [2.45, 2.75) is 12.3 Å². The zero-order valence-electron chi connectivity index (χ0n) is 11.7. The number of aromatic nitrogens is 6. The van der Waals surface area contributed by atoms with E-state index in [1.54, 1.807) is 31.0 Å². The molecule has 1 fully saturated rings. The van der Waals surface area contributed by atoms with Crippen LogP contribution in [-0.2, 0) is 7.05 Å². The van der Waals surface area contributed by atoms with E-state index >= 15 is 0 Å². The smallest absolute Gasteiger partial charge is 0.176 e. The SMILES string of the molecule is Cn1nc([C@H]2CCN(c3cnccn3)C2)c2nccnc21. The molecule has 7 nitrogen and oxygen atoms in total. The lowest BCUT2D eigenvalue weighted by molar-refractivity contribution is 0.692. The van der Waals surface area contributed by atoms with Gasteiger partial charge in [0.25, 0.3) is 0 Å². The van der Waals surface area contributed by atoms with Crippen molar-refractivity contribution in [3.8, 4) is 0 Å². The molecule has 0 saturated carbocycles. The van der Waals surface area contributed by atoms with Crippen LogP contribution in [0.25, 0.3) is 11.2 Å². The van der Waals surface area contributed by atoms with E-state index in [0.29, 0.717) is 5.92 Å². The fraction of sp³-hybridized carbons (Fsp3) is 0.357. The Balaban J connectivity index is 1.66. The number of rotatable bonds is 2. The number of fused-ring (bicyclic) bond motifs is 1. The molecule has 0 aromatic carbocycles. The first-order valence-electron chi connectivity index (χ1n) is 6.97. The third-order valence-corrected chi connectivity index (χ3v) is 3.93. The highest BCUT2D eigenvalue weighted by molar-refractivity contribution is 5.73. The fourth-order valence-electron chi connectivity index (χ4n) is 2.93. The monoisotopic (exact) mass is 281 g/mol. The van der Waals surface area contributed by atoms with Gasteiger partial charge in [-0.1, -0.05) is 0 Å². The van der Waals surface area contributed by atoms with Crippen LogP contribution in [0, 0.1) is 0 Å². The van der Waals surface area contributed by atoms with Crippen LogP contribution in [0.5, 0.6) is 0 Å². The van der Waals surface area contributed by atoms with Gasteiger partial charge >= 0.3 is 0 Å². The highest BCUT2D eigenvalue weighted by atomic mass is 15.3. The zero-order chi connectivity index (χ0) is 14.2. The molecule has 0 bridgehead atoms. The molecule has 0 unspecified atom stereocenters. The topological polar surface area (TPSA) is 72.6 Å². The minimum absolute atomic E-state index is 0.354. The Morgan fingerprint density at radius 2 is 1.95 bits per heavy atom. The van der Waals surface area contributed by atoms with E-state index in [9.17, 15) is 0 Å². The highest BCUT2D eigenvalue weighted by Gasteiger charge is 2.29. The molecule has 1 aliphatic heterocycles. The van der Waals surface area contributed by atoms with Crippen LogP contribution in [0.4, 0.5) is 5.82 Å². The van der Waals surface area contributed by atoms with Gasteiger partial charge in [0.05, 0.1) is 11.9 Å². The minimum atomic E-state index is 0.354. The van der Waals surface area contributed by atoms with Crippen LogP contribution in [-0.4, -0.2) is 42.8 Å². The number of hydrogen-bond donors (Lipinski definition) is 0. The first-order chi connectivity index (χ1) is 10.3. The molecule has 4 rings (SSSR count). The average molecular weight is 281 g/mol. The molecule has 3 aromatic rings.